The number of piperidine rings is 1. The summed E-state index contributed by atoms with van der Waals surface area (Å²) in [7, 11) is 0. The fourth-order valence-electron chi connectivity index (χ4n) is 2.88. The summed E-state index contributed by atoms with van der Waals surface area (Å²) in [5, 5.41) is 0. The molecule has 0 aliphatic carbocycles. The number of anilines is 2. The zero-order valence-corrected chi connectivity index (χ0v) is 10.6. The van der Waals surface area contributed by atoms with E-state index in [0.29, 0.717) is 0 Å². The molecule has 1 aromatic carbocycles. The standard InChI is InChI=1S/C14H22N2/c1-10-5-4-6-16(9-10)14-11(2)7-13(15)8-12(14)3/h7-8,10H,4-6,9,15H2,1-3H3. The van der Waals surface area contributed by atoms with Crippen molar-refractivity contribution >= 4 is 11.4 Å². The molecule has 88 valence electrons. The Bertz CT molecular complexity index is 361. The van der Waals surface area contributed by atoms with Crippen molar-refractivity contribution in [1.29, 1.82) is 0 Å². The molecule has 1 saturated heterocycles. The number of hydrogen-bond donors (Lipinski definition) is 1. The average Bonchev–Trinajstić information content (AvgIpc) is 2.15. The minimum atomic E-state index is 0.810. The van der Waals surface area contributed by atoms with Gasteiger partial charge in [-0.15, -0.1) is 0 Å². The lowest BCUT2D eigenvalue weighted by molar-refractivity contribution is 0.446. The van der Waals surface area contributed by atoms with Crippen molar-refractivity contribution in [2.24, 2.45) is 5.92 Å². The first kappa shape index (κ1) is 11.3. The molecule has 0 spiro atoms. The SMILES string of the molecule is Cc1cc(N)cc(C)c1N1CCCC(C)C1. The summed E-state index contributed by atoms with van der Waals surface area (Å²) in [6.45, 7) is 9.05. The maximum Gasteiger partial charge on any atom is 0.0427 e. The highest BCUT2D eigenvalue weighted by atomic mass is 15.1. The smallest absolute Gasteiger partial charge is 0.0427 e. The summed E-state index contributed by atoms with van der Waals surface area (Å²) in [5.41, 5.74) is 10.8. The minimum absolute atomic E-state index is 0.810. The Morgan fingerprint density at radius 2 is 1.88 bits per heavy atom. The molecule has 16 heavy (non-hydrogen) atoms. The molecule has 2 heteroatoms. The second-order valence-corrected chi connectivity index (χ2v) is 5.20. The van der Waals surface area contributed by atoms with Crippen molar-refractivity contribution < 1.29 is 0 Å². The molecular formula is C14H22N2. The number of nitrogen functional groups attached to an aromatic ring is 1. The van der Waals surface area contributed by atoms with Gasteiger partial charge in [-0.1, -0.05) is 6.92 Å². The molecule has 2 nitrogen and oxygen atoms in total. The van der Waals surface area contributed by atoms with Gasteiger partial charge in [0.2, 0.25) is 0 Å². The molecule has 0 saturated carbocycles. The molecule has 1 atom stereocenters. The topological polar surface area (TPSA) is 29.3 Å². The zero-order valence-electron chi connectivity index (χ0n) is 10.6. The van der Waals surface area contributed by atoms with E-state index in [0.717, 1.165) is 11.6 Å². The van der Waals surface area contributed by atoms with Crippen LogP contribution >= 0.6 is 0 Å². The zero-order chi connectivity index (χ0) is 11.7. The summed E-state index contributed by atoms with van der Waals surface area (Å²) in [4.78, 5) is 2.53. The molecule has 2 rings (SSSR count). The number of rotatable bonds is 1. The van der Waals surface area contributed by atoms with Crippen molar-refractivity contribution in [3.8, 4) is 0 Å². The maximum absolute atomic E-state index is 5.87. The highest BCUT2D eigenvalue weighted by Gasteiger charge is 2.19. The molecule has 1 aliphatic rings. The number of nitrogens with two attached hydrogens (primary N) is 1. The van der Waals surface area contributed by atoms with Gasteiger partial charge in [0, 0.05) is 24.5 Å². The lowest BCUT2D eigenvalue weighted by Crippen LogP contribution is -2.35. The van der Waals surface area contributed by atoms with Crippen LogP contribution in [-0.4, -0.2) is 13.1 Å². The lowest BCUT2D eigenvalue weighted by atomic mass is 9.97. The third-order valence-corrected chi connectivity index (χ3v) is 3.49. The molecule has 0 amide bonds. The molecule has 0 bridgehead atoms. The number of nitrogens with zero attached hydrogens (tertiary/aromatic N) is 1. The molecule has 0 radical (unpaired) electrons. The molecule has 1 aromatic rings. The van der Waals surface area contributed by atoms with Gasteiger partial charge in [-0.3, -0.25) is 0 Å². The van der Waals surface area contributed by atoms with Crippen LogP contribution in [0.1, 0.15) is 30.9 Å². The summed E-state index contributed by atoms with van der Waals surface area (Å²) in [5.74, 6) is 0.810. The van der Waals surface area contributed by atoms with Crippen LogP contribution < -0.4 is 10.6 Å². The quantitative estimate of drug-likeness (QED) is 0.734. The van der Waals surface area contributed by atoms with Crippen LogP contribution in [0.15, 0.2) is 12.1 Å². The highest BCUT2D eigenvalue weighted by Crippen LogP contribution is 2.30. The minimum Gasteiger partial charge on any atom is -0.399 e. The van der Waals surface area contributed by atoms with Crippen LogP contribution in [-0.2, 0) is 0 Å². The van der Waals surface area contributed by atoms with E-state index in [-0.39, 0.29) is 0 Å². The van der Waals surface area contributed by atoms with E-state index in [1.807, 2.05) is 0 Å². The van der Waals surface area contributed by atoms with Crippen molar-refractivity contribution in [2.75, 3.05) is 23.7 Å². The van der Waals surface area contributed by atoms with Gasteiger partial charge in [0.05, 0.1) is 0 Å². The first-order valence-electron chi connectivity index (χ1n) is 6.19. The van der Waals surface area contributed by atoms with Crippen molar-refractivity contribution in [3.05, 3.63) is 23.3 Å². The fraction of sp³-hybridized carbons (Fsp3) is 0.571. The van der Waals surface area contributed by atoms with E-state index < -0.39 is 0 Å². The Morgan fingerprint density at radius 1 is 1.25 bits per heavy atom. The summed E-state index contributed by atoms with van der Waals surface area (Å²) in [6, 6.07) is 4.17. The molecule has 1 aliphatic heterocycles. The molecule has 1 heterocycles. The normalized spacial score (nSPS) is 21.2. The molecule has 0 aromatic heterocycles. The van der Waals surface area contributed by atoms with Crippen molar-refractivity contribution in [3.63, 3.8) is 0 Å². The third-order valence-electron chi connectivity index (χ3n) is 3.49. The van der Waals surface area contributed by atoms with Gasteiger partial charge in [-0.05, 0) is 55.9 Å². The van der Waals surface area contributed by atoms with E-state index in [2.05, 4.69) is 37.8 Å². The van der Waals surface area contributed by atoms with Gasteiger partial charge >= 0.3 is 0 Å². The fourth-order valence-corrected chi connectivity index (χ4v) is 2.88. The van der Waals surface area contributed by atoms with E-state index in [1.165, 1.54) is 42.7 Å². The second kappa shape index (κ2) is 4.36. The highest BCUT2D eigenvalue weighted by molar-refractivity contribution is 5.64. The number of hydrogen-bond acceptors (Lipinski definition) is 2. The molecular weight excluding hydrogens is 196 g/mol. The van der Waals surface area contributed by atoms with Crippen LogP contribution in [0.3, 0.4) is 0 Å². The average molecular weight is 218 g/mol. The van der Waals surface area contributed by atoms with Crippen LogP contribution in [0.2, 0.25) is 0 Å². The molecule has 1 unspecified atom stereocenters. The summed E-state index contributed by atoms with van der Waals surface area (Å²) >= 11 is 0. The summed E-state index contributed by atoms with van der Waals surface area (Å²) in [6.07, 6.45) is 2.67. The second-order valence-electron chi connectivity index (χ2n) is 5.20. The van der Waals surface area contributed by atoms with Crippen LogP contribution in [0, 0.1) is 19.8 Å². The monoisotopic (exact) mass is 218 g/mol. The van der Waals surface area contributed by atoms with E-state index >= 15 is 0 Å². The van der Waals surface area contributed by atoms with Crippen LogP contribution in [0.25, 0.3) is 0 Å². The first-order chi connectivity index (χ1) is 7.58. The van der Waals surface area contributed by atoms with Crippen LogP contribution in [0.5, 0.6) is 0 Å². The number of aryl methyl sites for hydroxylation is 2. The largest absolute Gasteiger partial charge is 0.399 e. The Morgan fingerprint density at radius 3 is 2.44 bits per heavy atom. The Hall–Kier alpha value is -1.18. The van der Waals surface area contributed by atoms with Gasteiger partial charge in [0.25, 0.3) is 0 Å². The van der Waals surface area contributed by atoms with Gasteiger partial charge < -0.3 is 10.6 Å². The van der Waals surface area contributed by atoms with Gasteiger partial charge in [0.15, 0.2) is 0 Å². The first-order valence-corrected chi connectivity index (χ1v) is 6.19. The number of benzene rings is 1. The van der Waals surface area contributed by atoms with Gasteiger partial charge in [-0.2, -0.15) is 0 Å². The van der Waals surface area contributed by atoms with Gasteiger partial charge in [-0.25, -0.2) is 0 Å². The third kappa shape index (κ3) is 2.16. The van der Waals surface area contributed by atoms with Crippen molar-refractivity contribution in [2.45, 2.75) is 33.6 Å². The summed E-state index contributed by atoms with van der Waals surface area (Å²) < 4.78 is 0. The Balaban J connectivity index is 2.32. The predicted octanol–water partition coefficient (Wildman–Crippen LogP) is 3.12. The predicted molar refractivity (Wildman–Crippen MR) is 70.9 cm³/mol. The van der Waals surface area contributed by atoms with E-state index in [9.17, 15) is 0 Å². The van der Waals surface area contributed by atoms with Crippen LogP contribution in [0.4, 0.5) is 11.4 Å². The molecule has 1 fully saturated rings. The van der Waals surface area contributed by atoms with Gasteiger partial charge in [0.1, 0.15) is 0 Å². The Kier molecular flexibility index (Phi) is 3.08. The van der Waals surface area contributed by atoms with Crippen molar-refractivity contribution in [1.82, 2.24) is 0 Å². The molecule has 2 N–H and O–H groups in total. The van der Waals surface area contributed by atoms with E-state index in [4.69, 9.17) is 5.73 Å². The lowest BCUT2D eigenvalue weighted by Gasteiger charge is -2.35. The van der Waals surface area contributed by atoms with E-state index in [1.54, 1.807) is 0 Å². The maximum atomic E-state index is 5.87. The Labute approximate surface area is 98.4 Å².